The van der Waals surface area contributed by atoms with E-state index in [4.69, 9.17) is 5.73 Å². The van der Waals surface area contributed by atoms with Gasteiger partial charge in [0.1, 0.15) is 17.3 Å². The molecule has 1 amide bonds. The first-order valence-corrected chi connectivity index (χ1v) is 12.7. The van der Waals surface area contributed by atoms with Crippen molar-refractivity contribution in [3.8, 4) is 5.69 Å². The molecule has 1 fully saturated rings. The zero-order chi connectivity index (χ0) is 28.4. The number of carbonyl (C=O) groups excluding carboxylic acids is 1. The number of amides is 1. The lowest BCUT2D eigenvalue weighted by Gasteiger charge is -2.21. The average molecular weight is 556 g/mol. The molecule has 1 heterocycles. The summed E-state index contributed by atoms with van der Waals surface area (Å²) >= 11 is 0. The summed E-state index contributed by atoms with van der Waals surface area (Å²) in [6, 6.07) is 16.3. The Morgan fingerprint density at radius 1 is 1.02 bits per heavy atom. The molecule has 40 heavy (non-hydrogen) atoms. The van der Waals surface area contributed by atoms with E-state index in [1.165, 1.54) is 18.2 Å². The van der Waals surface area contributed by atoms with Crippen molar-refractivity contribution in [2.75, 3.05) is 11.9 Å². The van der Waals surface area contributed by atoms with Gasteiger partial charge in [-0.2, -0.15) is 18.3 Å². The number of nitrogens with two attached hydrogens (primary N) is 1. The fourth-order valence-electron chi connectivity index (χ4n) is 4.43. The molecule has 4 N–H and O–H groups in total. The number of benzene rings is 3. The van der Waals surface area contributed by atoms with Gasteiger partial charge in [0.15, 0.2) is 5.69 Å². The summed E-state index contributed by atoms with van der Waals surface area (Å²) in [5.74, 6) is -1.77. The van der Waals surface area contributed by atoms with Crippen LogP contribution >= 0.6 is 0 Å². The second-order valence-corrected chi connectivity index (χ2v) is 9.73. The lowest BCUT2D eigenvalue weighted by atomic mass is 9.97. The fraction of sp³-hybridized carbons (Fsp3) is 0.241. The summed E-state index contributed by atoms with van der Waals surface area (Å²) in [6.45, 7) is 0.777. The van der Waals surface area contributed by atoms with E-state index in [-0.39, 0.29) is 29.2 Å². The Kier molecular flexibility index (Phi) is 7.68. The van der Waals surface area contributed by atoms with Crippen LogP contribution in [0.2, 0.25) is 0 Å². The molecule has 11 heteroatoms. The van der Waals surface area contributed by atoms with Crippen molar-refractivity contribution in [3.05, 3.63) is 113 Å². The average Bonchev–Trinajstić information content (AvgIpc) is 3.63. The maximum Gasteiger partial charge on any atom is 0.435 e. The van der Waals surface area contributed by atoms with Crippen molar-refractivity contribution < 1.29 is 26.7 Å². The van der Waals surface area contributed by atoms with Gasteiger partial charge in [-0.05, 0) is 66.8 Å². The van der Waals surface area contributed by atoms with E-state index in [1.54, 1.807) is 42.5 Å². The van der Waals surface area contributed by atoms with Crippen LogP contribution < -0.4 is 16.4 Å². The Bertz CT molecular complexity index is 1530. The van der Waals surface area contributed by atoms with Gasteiger partial charge in [0.25, 0.3) is 5.91 Å². The van der Waals surface area contributed by atoms with Gasteiger partial charge in [-0.3, -0.25) is 4.79 Å². The first-order valence-electron chi connectivity index (χ1n) is 12.7. The van der Waals surface area contributed by atoms with Crippen LogP contribution in [0.15, 0.2) is 72.8 Å². The lowest BCUT2D eigenvalue weighted by Crippen LogP contribution is -2.26. The van der Waals surface area contributed by atoms with Gasteiger partial charge in [0.05, 0.1) is 11.7 Å². The Morgan fingerprint density at radius 3 is 2.50 bits per heavy atom. The predicted octanol–water partition coefficient (Wildman–Crippen LogP) is 5.97. The largest absolute Gasteiger partial charge is 0.435 e. The monoisotopic (exact) mass is 555 g/mol. The molecule has 3 aromatic carbocycles. The molecule has 1 atom stereocenters. The van der Waals surface area contributed by atoms with Gasteiger partial charge in [0, 0.05) is 29.9 Å². The number of alkyl halides is 3. The molecule has 1 aliphatic carbocycles. The smallest absolute Gasteiger partial charge is 0.326 e. The number of aromatic nitrogens is 2. The zero-order valence-electron chi connectivity index (χ0n) is 21.2. The molecule has 0 spiro atoms. The van der Waals surface area contributed by atoms with E-state index in [0.717, 1.165) is 23.6 Å². The van der Waals surface area contributed by atoms with E-state index in [9.17, 15) is 26.7 Å². The van der Waals surface area contributed by atoms with E-state index >= 15 is 0 Å². The maximum absolute atomic E-state index is 14.8. The van der Waals surface area contributed by atoms with Crippen molar-refractivity contribution in [1.29, 1.82) is 0 Å². The Morgan fingerprint density at radius 2 is 1.80 bits per heavy atom. The van der Waals surface area contributed by atoms with Crippen molar-refractivity contribution >= 4 is 11.6 Å². The molecule has 0 aliphatic heterocycles. The highest BCUT2D eigenvalue weighted by Crippen LogP contribution is 2.33. The van der Waals surface area contributed by atoms with Crippen LogP contribution in [0.1, 0.15) is 51.8 Å². The minimum Gasteiger partial charge on any atom is -0.326 e. The topological polar surface area (TPSA) is 85.0 Å². The van der Waals surface area contributed by atoms with Gasteiger partial charge in [0.2, 0.25) is 0 Å². The number of hydrogen-bond acceptors (Lipinski definition) is 4. The number of hydrogen-bond donors (Lipinski definition) is 3. The molecule has 0 bridgehead atoms. The molecule has 0 radical (unpaired) electrons. The zero-order valence-corrected chi connectivity index (χ0v) is 21.2. The summed E-state index contributed by atoms with van der Waals surface area (Å²) in [5, 5.41) is 9.61. The second-order valence-electron chi connectivity index (χ2n) is 9.73. The number of nitrogens with one attached hydrogen (secondary N) is 2. The van der Waals surface area contributed by atoms with Gasteiger partial charge < -0.3 is 16.4 Å². The lowest BCUT2D eigenvalue weighted by molar-refractivity contribution is -0.141. The normalized spacial score (nSPS) is 14.2. The standard InChI is InChI=1S/C29H26F5N5O/c30-20-9-10-23(24(31)13-20)27(36-16-17-7-8-17)19-4-2-5-21(12-19)37-28(40)25-14-26(29(32,33)34)38-39(25)22-6-1-3-18(11-22)15-35/h1-6,9-14,17,27,36H,7-8,15-16,35H2,(H,37,40). The summed E-state index contributed by atoms with van der Waals surface area (Å²) < 4.78 is 69.9. The molecular weight excluding hydrogens is 529 g/mol. The van der Waals surface area contributed by atoms with Crippen molar-refractivity contribution in [2.24, 2.45) is 11.7 Å². The van der Waals surface area contributed by atoms with E-state index < -0.39 is 35.5 Å². The van der Waals surface area contributed by atoms with E-state index in [1.807, 2.05) is 0 Å². The Labute approximate surface area is 227 Å². The predicted molar refractivity (Wildman–Crippen MR) is 140 cm³/mol. The van der Waals surface area contributed by atoms with Gasteiger partial charge >= 0.3 is 6.18 Å². The van der Waals surface area contributed by atoms with Crippen LogP contribution in [-0.4, -0.2) is 22.2 Å². The maximum atomic E-state index is 14.8. The van der Waals surface area contributed by atoms with Crippen LogP contribution in [0.3, 0.4) is 0 Å². The molecular formula is C29H26F5N5O. The SMILES string of the molecule is NCc1cccc(-n2nc(C(F)(F)F)cc2C(=O)Nc2cccc(C(NCC3CC3)c3ccc(F)cc3F)c2)c1. The van der Waals surface area contributed by atoms with Gasteiger partial charge in [-0.25, -0.2) is 13.5 Å². The van der Waals surface area contributed by atoms with Crippen LogP contribution in [0.5, 0.6) is 0 Å². The summed E-state index contributed by atoms with van der Waals surface area (Å²) in [5.41, 5.74) is 6.11. The number of anilines is 1. The fourth-order valence-corrected chi connectivity index (χ4v) is 4.43. The summed E-state index contributed by atoms with van der Waals surface area (Å²) in [4.78, 5) is 13.3. The van der Waals surface area contributed by atoms with Crippen LogP contribution in [0, 0.1) is 17.6 Å². The Hall–Kier alpha value is -4.09. The number of halogens is 5. The third-order valence-corrected chi connectivity index (χ3v) is 6.68. The minimum atomic E-state index is -4.77. The first kappa shape index (κ1) is 27.5. The van der Waals surface area contributed by atoms with Crippen molar-refractivity contribution in [3.63, 3.8) is 0 Å². The minimum absolute atomic E-state index is 0.153. The molecule has 5 rings (SSSR count). The van der Waals surface area contributed by atoms with Crippen LogP contribution in [0.25, 0.3) is 5.69 Å². The third-order valence-electron chi connectivity index (χ3n) is 6.68. The number of rotatable bonds is 9. The Balaban J connectivity index is 1.46. The molecule has 1 aromatic heterocycles. The van der Waals surface area contributed by atoms with Gasteiger partial charge in [-0.1, -0.05) is 30.3 Å². The van der Waals surface area contributed by atoms with Crippen molar-refractivity contribution in [1.82, 2.24) is 15.1 Å². The van der Waals surface area contributed by atoms with Crippen LogP contribution in [0.4, 0.5) is 27.6 Å². The number of carbonyl (C=O) groups is 1. The van der Waals surface area contributed by atoms with Crippen molar-refractivity contribution in [2.45, 2.75) is 31.6 Å². The highest BCUT2D eigenvalue weighted by molar-refractivity contribution is 6.03. The molecule has 0 saturated heterocycles. The quantitative estimate of drug-likeness (QED) is 0.222. The molecule has 1 unspecified atom stereocenters. The van der Waals surface area contributed by atoms with E-state index in [0.29, 0.717) is 29.7 Å². The van der Waals surface area contributed by atoms with Gasteiger partial charge in [-0.15, -0.1) is 0 Å². The number of nitrogens with zero attached hydrogens (tertiary/aromatic N) is 2. The first-order chi connectivity index (χ1) is 19.1. The molecule has 6 nitrogen and oxygen atoms in total. The molecule has 1 aliphatic rings. The third kappa shape index (κ3) is 6.21. The summed E-state index contributed by atoms with van der Waals surface area (Å²) in [7, 11) is 0. The molecule has 1 saturated carbocycles. The second kappa shape index (κ2) is 11.2. The highest BCUT2D eigenvalue weighted by Gasteiger charge is 2.36. The molecule has 208 valence electrons. The molecule has 4 aromatic rings. The van der Waals surface area contributed by atoms with Crippen LogP contribution in [-0.2, 0) is 12.7 Å². The summed E-state index contributed by atoms with van der Waals surface area (Å²) in [6.07, 6.45) is -2.65. The van der Waals surface area contributed by atoms with E-state index in [2.05, 4.69) is 15.7 Å². The highest BCUT2D eigenvalue weighted by atomic mass is 19.4.